The first-order valence-electron chi connectivity index (χ1n) is 9.37. The molecule has 0 saturated carbocycles. The third-order valence-corrected chi connectivity index (χ3v) is 3.93. The van der Waals surface area contributed by atoms with Gasteiger partial charge in [-0.05, 0) is 20.3 Å². The molecule has 2 rings (SSSR count). The Balaban J connectivity index is 2.22. The molecule has 0 aliphatic heterocycles. The second-order valence-electron chi connectivity index (χ2n) is 5.87. The summed E-state index contributed by atoms with van der Waals surface area (Å²) in [4.78, 5) is 12.1. The van der Waals surface area contributed by atoms with E-state index in [2.05, 4.69) is 6.92 Å². The lowest BCUT2D eigenvalue weighted by atomic mass is 10.1. The van der Waals surface area contributed by atoms with Gasteiger partial charge >= 0.3 is 6.16 Å². The highest BCUT2D eigenvalue weighted by Crippen LogP contribution is 2.41. The minimum absolute atomic E-state index is 0.359. The third-order valence-electron chi connectivity index (χ3n) is 3.93. The molecular formula is C21H28O5. The van der Waals surface area contributed by atoms with Crippen molar-refractivity contribution in [3.8, 4) is 17.2 Å². The summed E-state index contributed by atoms with van der Waals surface area (Å²) in [6, 6.07) is 9.38. The Morgan fingerprint density at radius 3 is 2.27 bits per heavy atom. The molecule has 0 aliphatic carbocycles. The van der Waals surface area contributed by atoms with Crippen molar-refractivity contribution in [2.45, 2.75) is 46.5 Å². The van der Waals surface area contributed by atoms with Crippen LogP contribution in [0.25, 0.3) is 10.8 Å². The molecule has 0 radical (unpaired) electrons. The third kappa shape index (κ3) is 5.28. The van der Waals surface area contributed by atoms with Crippen LogP contribution in [0.1, 0.15) is 46.5 Å². The van der Waals surface area contributed by atoms with Crippen molar-refractivity contribution in [2.24, 2.45) is 0 Å². The molecule has 5 nitrogen and oxygen atoms in total. The SMILES string of the molecule is CCCCCCOC(=O)Oc1c(OCC)cc(OCC)c2ccccc12. The van der Waals surface area contributed by atoms with E-state index < -0.39 is 6.16 Å². The van der Waals surface area contributed by atoms with Crippen LogP contribution in [-0.2, 0) is 4.74 Å². The Morgan fingerprint density at radius 1 is 0.885 bits per heavy atom. The summed E-state index contributed by atoms with van der Waals surface area (Å²) in [5.74, 6) is 1.54. The maximum atomic E-state index is 12.1. The standard InChI is InChI=1S/C21H28O5/c1-4-7-8-11-14-25-21(22)26-20-17-13-10-9-12-16(17)18(23-5-2)15-19(20)24-6-3/h9-10,12-13,15H,4-8,11,14H2,1-3H3. The molecule has 0 spiro atoms. The number of benzene rings is 2. The number of fused-ring (bicyclic) bond motifs is 1. The Kier molecular flexibility index (Phi) is 8.06. The molecule has 0 aliphatic rings. The maximum absolute atomic E-state index is 12.1. The molecule has 0 atom stereocenters. The number of hydrogen-bond acceptors (Lipinski definition) is 5. The quantitative estimate of drug-likeness (QED) is 0.307. The minimum Gasteiger partial charge on any atom is -0.493 e. The summed E-state index contributed by atoms with van der Waals surface area (Å²) < 4.78 is 22.1. The monoisotopic (exact) mass is 360 g/mol. The zero-order valence-corrected chi connectivity index (χ0v) is 15.9. The van der Waals surface area contributed by atoms with E-state index in [1.807, 2.05) is 38.1 Å². The van der Waals surface area contributed by atoms with Crippen molar-refractivity contribution in [1.29, 1.82) is 0 Å². The number of ether oxygens (including phenoxy) is 4. The van der Waals surface area contributed by atoms with E-state index in [0.717, 1.165) is 36.5 Å². The predicted molar refractivity (Wildman–Crippen MR) is 102 cm³/mol. The summed E-state index contributed by atoms with van der Waals surface area (Å²) in [5.41, 5.74) is 0. The molecule has 0 bridgehead atoms. The molecule has 0 aromatic heterocycles. The average molecular weight is 360 g/mol. The number of hydrogen-bond donors (Lipinski definition) is 0. The van der Waals surface area contributed by atoms with Crippen LogP contribution in [0.15, 0.2) is 30.3 Å². The number of unbranched alkanes of at least 4 members (excludes halogenated alkanes) is 3. The van der Waals surface area contributed by atoms with E-state index in [9.17, 15) is 4.79 Å². The van der Waals surface area contributed by atoms with Gasteiger partial charge in [0.15, 0.2) is 11.5 Å². The smallest absolute Gasteiger partial charge is 0.493 e. The summed E-state index contributed by atoms with van der Waals surface area (Å²) in [7, 11) is 0. The van der Waals surface area contributed by atoms with Crippen molar-refractivity contribution >= 4 is 16.9 Å². The largest absolute Gasteiger partial charge is 0.513 e. The van der Waals surface area contributed by atoms with Gasteiger partial charge in [0.2, 0.25) is 0 Å². The van der Waals surface area contributed by atoms with Gasteiger partial charge in [-0.2, -0.15) is 0 Å². The second-order valence-corrected chi connectivity index (χ2v) is 5.87. The van der Waals surface area contributed by atoms with E-state index in [1.165, 1.54) is 0 Å². The summed E-state index contributed by atoms with van der Waals surface area (Å²) in [5, 5.41) is 1.62. The van der Waals surface area contributed by atoms with E-state index >= 15 is 0 Å². The molecule has 142 valence electrons. The van der Waals surface area contributed by atoms with Crippen LogP contribution in [0.2, 0.25) is 0 Å². The number of carbonyl (C=O) groups is 1. The van der Waals surface area contributed by atoms with Crippen molar-refractivity contribution in [3.63, 3.8) is 0 Å². The van der Waals surface area contributed by atoms with Gasteiger partial charge in [0.25, 0.3) is 0 Å². The van der Waals surface area contributed by atoms with E-state index in [-0.39, 0.29) is 0 Å². The lowest BCUT2D eigenvalue weighted by Gasteiger charge is -2.16. The van der Waals surface area contributed by atoms with E-state index in [4.69, 9.17) is 18.9 Å². The zero-order chi connectivity index (χ0) is 18.8. The van der Waals surface area contributed by atoms with Gasteiger partial charge in [-0.15, -0.1) is 0 Å². The summed E-state index contributed by atoms with van der Waals surface area (Å²) >= 11 is 0. The Morgan fingerprint density at radius 2 is 1.58 bits per heavy atom. The van der Waals surface area contributed by atoms with Crippen molar-refractivity contribution in [3.05, 3.63) is 30.3 Å². The van der Waals surface area contributed by atoms with Gasteiger partial charge in [-0.3, -0.25) is 0 Å². The molecule has 2 aromatic rings. The van der Waals surface area contributed by atoms with Crippen LogP contribution >= 0.6 is 0 Å². The van der Waals surface area contributed by atoms with Gasteiger partial charge in [0.1, 0.15) is 5.75 Å². The summed E-state index contributed by atoms with van der Waals surface area (Å²) in [6.07, 6.45) is 3.44. The molecule has 26 heavy (non-hydrogen) atoms. The predicted octanol–water partition coefficient (Wildman–Crippen LogP) is 5.73. The average Bonchev–Trinajstić information content (AvgIpc) is 2.65. The van der Waals surface area contributed by atoms with Crippen LogP contribution in [-0.4, -0.2) is 26.0 Å². The molecule has 0 fully saturated rings. The fourth-order valence-electron chi connectivity index (χ4n) is 2.73. The van der Waals surface area contributed by atoms with Crippen LogP contribution in [0, 0.1) is 0 Å². The molecule has 2 aromatic carbocycles. The van der Waals surface area contributed by atoms with Crippen LogP contribution in [0.4, 0.5) is 4.79 Å². The topological polar surface area (TPSA) is 54.0 Å². The second kappa shape index (κ2) is 10.5. The summed E-state index contributed by atoms with van der Waals surface area (Å²) in [6.45, 7) is 7.29. The zero-order valence-electron chi connectivity index (χ0n) is 15.9. The molecule has 0 N–H and O–H groups in total. The molecule has 0 unspecified atom stereocenters. The highest BCUT2D eigenvalue weighted by atomic mass is 16.7. The minimum atomic E-state index is -0.711. The van der Waals surface area contributed by atoms with Gasteiger partial charge < -0.3 is 18.9 Å². The fraction of sp³-hybridized carbons (Fsp3) is 0.476. The maximum Gasteiger partial charge on any atom is 0.513 e. The van der Waals surface area contributed by atoms with Crippen LogP contribution < -0.4 is 14.2 Å². The van der Waals surface area contributed by atoms with Crippen LogP contribution in [0.5, 0.6) is 17.2 Å². The Labute approximate surface area is 155 Å². The molecular weight excluding hydrogens is 332 g/mol. The van der Waals surface area contributed by atoms with E-state index in [1.54, 1.807) is 6.07 Å². The first-order valence-corrected chi connectivity index (χ1v) is 9.37. The van der Waals surface area contributed by atoms with Gasteiger partial charge in [0.05, 0.1) is 19.8 Å². The Hall–Kier alpha value is -2.43. The number of carbonyl (C=O) groups excluding carboxylic acids is 1. The van der Waals surface area contributed by atoms with Gasteiger partial charge in [0, 0.05) is 16.8 Å². The first-order chi connectivity index (χ1) is 12.7. The highest BCUT2D eigenvalue weighted by Gasteiger charge is 2.19. The van der Waals surface area contributed by atoms with E-state index in [0.29, 0.717) is 37.1 Å². The fourth-order valence-corrected chi connectivity index (χ4v) is 2.73. The van der Waals surface area contributed by atoms with Gasteiger partial charge in [-0.25, -0.2) is 4.79 Å². The first kappa shape index (κ1) is 19.9. The molecule has 5 heteroatoms. The normalized spacial score (nSPS) is 10.6. The molecule has 0 heterocycles. The molecule has 0 amide bonds. The van der Waals surface area contributed by atoms with Crippen molar-refractivity contribution < 1.29 is 23.7 Å². The van der Waals surface area contributed by atoms with Gasteiger partial charge in [-0.1, -0.05) is 50.5 Å². The number of rotatable bonds is 10. The van der Waals surface area contributed by atoms with Crippen molar-refractivity contribution in [1.82, 2.24) is 0 Å². The lowest BCUT2D eigenvalue weighted by Crippen LogP contribution is -2.13. The van der Waals surface area contributed by atoms with Crippen LogP contribution in [0.3, 0.4) is 0 Å². The lowest BCUT2D eigenvalue weighted by molar-refractivity contribution is 0.0964. The molecule has 0 saturated heterocycles. The van der Waals surface area contributed by atoms with Crippen molar-refractivity contribution in [2.75, 3.05) is 19.8 Å². The Bertz CT molecular complexity index is 711. The highest BCUT2D eigenvalue weighted by molar-refractivity contribution is 5.96.